The van der Waals surface area contributed by atoms with Crippen molar-refractivity contribution in [1.82, 2.24) is 0 Å². The highest BCUT2D eigenvalue weighted by atomic mass is 32.2. The number of hydrogen-bond donors (Lipinski definition) is 2. The average Bonchev–Trinajstić information content (AvgIpc) is 3.26. The number of hydrogen-bond acceptors (Lipinski definition) is 4. The number of phenolic OH excluding ortho intramolecular Hbond substituents is 2. The van der Waals surface area contributed by atoms with E-state index in [-0.39, 0.29) is 10.8 Å². The molecule has 2 nitrogen and oxygen atoms in total. The minimum atomic E-state index is -2.58. The summed E-state index contributed by atoms with van der Waals surface area (Å²) in [4.78, 5) is 0. The molecule has 1 fully saturated rings. The van der Waals surface area contributed by atoms with Crippen LogP contribution in [-0.4, -0.2) is 36.9 Å². The fourth-order valence-corrected chi connectivity index (χ4v) is 20.0. The second kappa shape index (κ2) is 19.4. The Morgan fingerprint density at radius 1 is 0.452 bits per heavy atom. The molecule has 0 spiro atoms. The summed E-state index contributed by atoms with van der Waals surface area (Å²) in [7, 11) is -5.16. The molecule has 324 valence electrons. The van der Waals surface area contributed by atoms with Gasteiger partial charge in [0.1, 0.15) is 27.6 Å². The Kier molecular flexibility index (Phi) is 14.4. The summed E-state index contributed by atoms with van der Waals surface area (Å²) in [6.07, 6.45) is 7.36. The van der Waals surface area contributed by atoms with E-state index < -0.39 is 16.1 Å². The maximum Gasteiger partial charge on any atom is 0.150 e. The molecule has 0 heterocycles. The summed E-state index contributed by atoms with van der Waals surface area (Å²) >= 11 is 4.11. The van der Waals surface area contributed by atoms with E-state index in [1.165, 1.54) is 70.4 Å². The molecule has 0 radical (unpaired) electrons. The topological polar surface area (TPSA) is 40.5 Å². The van der Waals surface area contributed by atoms with Crippen molar-refractivity contribution in [3.8, 4) is 11.5 Å². The third-order valence-electron chi connectivity index (χ3n) is 13.6. The first-order chi connectivity index (χ1) is 29.6. The van der Waals surface area contributed by atoms with Crippen LogP contribution in [0, 0.1) is 0 Å². The summed E-state index contributed by atoms with van der Waals surface area (Å²) in [5, 5.41) is 33.4. The number of aromatic hydroxyl groups is 2. The standard InChI is InChI=1S/C56H68O2S2Si2/c1-55(2,3)43-35-41(53(57)51(37-43)61(7,45-25-15-11-16-26-45)46-27-17-12-18-28-46)39-59-49-33-23-9-10-24-34-50(49)60-40-42-36-44(56(4,5)6)38-52(54(42)58)62(8,47-29-19-13-20-30-47)48-31-21-14-22-32-48/h11-22,25-32,35-38,49-50,57-58H,9-10,23-24,33-34,39-40H2,1-8H3/t49-,50-/m0/s1. The fraction of sp³-hybridized carbons (Fsp3) is 0.357. The molecule has 0 saturated heterocycles. The Hall–Kier alpha value is -3.95. The van der Waals surface area contributed by atoms with E-state index in [0.717, 1.165) is 33.0 Å². The molecule has 6 aromatic carbocycles. The van der Waals surface area contributed by atoms with Gasteiger partial charge in [-0.25, -0.2) is 0 Å². The maximum absolute atomic E-state index is 12.6. The highest BCUT2D eigenvalue weighted by molar-refractivity contribution is 8.03. The zero-order valence-corrected chi connectivity index (χ0v) is 42.0. The van der Waals surface area contributed by atoms with Gasteiger partial charge in [0, 0.05) is 33.1 Å². The predicted molar refractivity (Wildman–Crippen MR) is 278 cm³/mol. The second-order valence-electron chi connectivity index (χ2n) is 20.0. The monoisotopic (exact) mass is 892 g/mol. The molecule has 7 rings (SSSR count). The third-order valence-corrected chi connectivity index (χ3v) is 25.6. The smallest absolute Gasteiger partial charge is 0.150 e. The normalized spacial score (nSPS) is 16.7. The van der Waals surface area contributed by atoms with Gasteiger partial charge in [0.15, 0.2) is 0 Å². The van der Waals surface area contributed by atoms with Crippen molar-refractivity contribution in [2.75, 3.05) is 0 Å². The molecule has 0 aromatic heterocycles. The van der Waals surface area contributed by atoms with Crippen molar-refractivity contribution >= 4 is 70.8 Å². The minimum absolute atomic E-state index is 0.0778. The first-order valence-electron chi connectivity index (χ1n) is 22.8. The van der Waals surface area contributed by atoms with E-state index in [1.54, 1.807) is 0 Å². The Labute approximate surface area is 384 Å². The van der Waals surface area contributed by atoms with Crippen LogP contribution < -0.4 is 31.1 Å². The van der Waals surface area contributed by atoms with Crippen LogP contribution in [0.4, 0.5) is 0 Å². The second-order valence-corrected chi connectivity index (χ2v) is 30.3. The van der Waals surface area contributed by atoms with Gasteiger partial charge in [-0.2, -0.15) is 23.5 Å². The van der Waals surface area contributed by atoms with Gasteiger partial charge in [-0.05, 0) is 65.9 Å². The van der Waals surface area contributed by atoms with E-state index in [1.807, 2.05) is 0 Å². The number of phenols is 2. The molecule has 6 aromatic rings. The lowest BCUT2D eigenvalue weighted by Gasteiger charge is -2.34. The van der Waals surface area contributed by atoms with E-state index in [0.29, 0.717) is 22.0 Å². The van der Waals surface area contributed by atoms with Gasteiger partial charge in [-0.1, -0.05) is 226 Å². The summed E-state index contributed by atoms with van der Waals surface area (Å²) in [6.45, 7) is 18.6. The van der Waals surface area contributed by atoms with Gasteiger partial charge in [0.05, 0.1) is 0 Å². The van der Waals surface area contributed by atoms with Crippen LogP contribution in [0.25, 0.3) is 0 Å². The molecule has 2 N–H and O–H groups in total. The average molecular weight is 893 g/mol. The zero-order valence-electron chi connectivity index (χ0n) is 38.4. The lowest BCUT2D eigenvalue weighted by atomic mass is 9.86. The van der Waals surface area contributed by atoms with Crippen molar-refractivity contribution in [3.05, 3.63) is 168 Å². The van der Waals surface area contributed by atoms with Crippen LogP contribution in [-0.2, 0) is 22.3 Å². The first kappa shape index (κ1) is 46.1. The molecule has 0 bridgehead atoms. The van der Waals surface area contributed by atoms with Gasteiger partial charge < -0.3 is 10.2 Å². The molecule has 0 unspecified atom stereocenters. The summed E-state index contributed by atoms with van der Waals surface area (Å²) in [5.41, 5.74) is 4.51. The molecular weight excluding hydrogens is 825 g/mol. The van der Waals surface area contributed by atoms with Gasteiger partial charge in [0.25, 0.3) is 0 Å². The number of benzene rings is 6. The lowest BCUT2D eigenvalue weighted by Crippen LogP contribution is -2.65. The van der Waals surface area contributed by atoms with Crippen molar-refractivity contribution < 1.29 is 10.2 Å². The van der Waals surface area contributed by atoms with Gasteiger partial charge >= 0.3 is 0 Å². The van der Waals surface area contributed by atoms with E-state index in [9.17, 15) is 10.2 Å². The SMILES string of the molecule is CC(C)(C)c1cc(CS[C@H]2CCCCCC[C@@H]2SCc2cc(C(C)(C)C)cc([Si](C)(c3ccccc3)c3ccccc3)c2O)c(O)c([Si](C)(c2ccccc2)c2ccccc2)c1. The van der Waals surface area contributed by atoms with Crippen LogP contribution >= 0.6 is 23.5 Å². The van der Waals surface area contributed by atoms with E-state index in [4.69, 9.17) is 0 Å². The molecule has 2 atom stereocenters. The van der Waals surface area contributed by atoms with E-state index >= 15 is 0 Å². The number of rotatable bonds is 12. The van der Waals surface area contributed by atoms with Gasteiger partial charge in [0.2, 0.25) is 0 Å². The van der Waals surface area contributed by atoms with Crippen LogP contribution in [0.3, 0.4) is 0 Å². The summed E-state index contributed by atoms with van der Waals surface area (Å²) in [6, 6.07) is 52.9. The van der Waals surface area contributed by atoms with E-state index in [2.05, 4.69) is 224 Å². The van der Waals surface area contributed by atoms with Gasteiger partial charge in [-0.15, -0.1) is 0 Å². The molecule has 1 aliphatic carbocycles. The summed E-state index contributed by atoms with van der Waals surface area (Å²) in [5.74, 6) is 2.49. The Bertz CT molecular complexity index is 2140. The summed E-state index contributed by atoms with van der Waals surface area (Å²) < 4.78 is 0. The zero-order chi connectivity index (χ0) is 44.1. The van der Waals surface area contributed by atoms with Crippen molar-refractivity contribution in [2.24, 2.45) is 0 Å². The molecule has 1 saturated carbocycles. The predicted octanol–water partition coefficient (Wildman–Crippen LogP) is 11.2. The minimum Gasteiger partial charge on any atom is -0.508 e. The molecule has 0 amide bonds. The quantitative estimate of drug-likeness (QED) is 0.0949. The molecule has 1 aliphatic rings. The highest BCUT2D eigenvalue weighted by Crippen LogP contribution is 2.41. The first-order valence-corrected chi connectivity index (χ1v) is 29.9. The Balaban J connectivity index is 1.24. The highest BCUT2D eigenvalue weighted by Gasteiger charge is 2.40. The largest absolute Gasteiger partial charge is 0.508 e. The van der Waals surface area contributed by atoms with Crippen molar-refractivity contribution in [1.29, 1.82) is 0 Å². The maximum atomic E-state index is 12.6. The molecule has 0 aliphatic heterocycles. The van der Waals surface area contributed by atoms with Crippen LogP contribution in [0.15, 0.2) is 146 Å². The molecular formula is C56H68O2S2Si2. The molecule has 62 heavy (non-hydrogen) atoms. The van der Waals surface area contributed by atoms with Crippen LogP contribution in [0.5, 0.6) is 11.5 Å². The van der Waals surface area contributed by atoms with Crippen molar-refractivity contribution in [3.63, 3.8) is 0 Å². The van der Waals surface area contributed by atoms with Gasteiger partial charge in [-0.3, -0.25) is 0 Å². The molecule has 6 heteroatoms. The fourth-order valence-electron chi connectivity index (χ4n) is 9.47. The van der Waals surface area contributed by atoms with Crippen LogP contribution in [0.2, 0.25) is 13.1 Å². The number of thioether (sulfide) groups is 2. The Morgan fingerprint density at radius 2 is 0.742 bits per heavy atom. The van der Waals surface area contributed by atoms with Crippen molar-refractivity contribution in [2.45, 2.75) is 126 Å². The third kappa shape index (κ3) is 9.89. The lowest BCUT2D eigenvalue weighted by molar-refractivity contribution is 0.472. The Morgan fingerprint density at radius 3 is 1.02 bits per heavy atom. The van der Waals surface area contributed by atoms with Crippen LogP contribution in [0.1, 0.15) is 102 Å².